The van der Waals surface area contributed by atoms with E-state index in [-0.39, 0.29) is 24.8 Å². The number of nitrogens with one attached hydrogen (secondary N) is 2. The largest absolute Gasteiger partial charge is 0.378 e. The zero-order valence-electron chi connectivity index (χ0n) is 14.9. The van der Waals surface area contributed by atoms with Gasteiger partial charge in [0.25, 0.3) is 5.91 Å². The van der Waals surface area contributed by atoms with E-state index in [9.17, 15) is 9.59 Å². The lowest BCUT2D eigenvalue weighted by Gasteiger charge is -2.28. The van der Waals surface area contributed by atoms with E-state index in [1.165, 1.54) is 0 Å². The van der Waals surface area contributed by atoms with Gasteiger partial charge in [0, 0.05) is 48.0 Å². The molecule has 1 saturated heterocycles. The van der Waals surface area contributed by atoms with Crippen molar-refractivity contribution in [3.05, 3.63) is 59.1 Å². The predicted molar refractivity (Wildman–Crippen MR) is 107 cm³/mol. The maximum absolute atomic E-state index is 12.1. The quantitative estimate of drug-likeness (QED) is 0.799. The number of hydrogen-bond donors (Lipinski definition) is 2. The molecular formula is C20H22ClN3O3. The Morgan fingerprint density at radius 3 is 2.33 bits per heavy atom. The van der Waals surface area contributed by atoms with E-state index in [1.807, 2.05) is 24.3 Å². The molecule has 0 aromatic heterocycles. The fourth-order valence-electron chi connectivity index (χ4n) is 2.79. The molecule has 0 saturated carbocycles. The van der Waals surface area contributed by atoms with Gasteiger partial charge >= 0.3 is 0 Å². The van der Waals surface area contributed by atoms with Crippen LogP contribution in [-0.4, -0.2) is 44.7 Å². The van der Waals surface area contributed by atoms with Gasteiger partial charge in [-0.25, -0.2) is 0 Å². The van der Waals surface area contributed by atoms with Crippen molar-refractivity contribution in [2.45, 2.75) is 6.42 Å². The number of amides is 2. The molecule has 1 heterocycles. The molecule has 0 atom stereocenters. The third-order valence-electron chi connectivity index (χ3n) is 4.27. The van der Waals surface area contributed by atoms with Gasteiger partial charge in [-0.3, -0.25) is 9.59 Å². The Bertz CT molecular complexity index is 772. The Morgan fingerprint density at radius 1 is 1.00 bits per heavy atom. The molecule has 142 valence electrons. The van der Waals surface area contributed by atoms with Gasteiger partial charge in [0.05, 0.1) is 13.2 Å². The monoisotopic (exact) mass is 387 g/mol. The number of benzene rings is 2. The van der Waals surface area contributed by atoms with Crippen LogP contribution in [0.15, 0.2) is 48.5 Å². The van der Waals surface area contributed by atoms with Crippen LogP contribution in [-0.2, 0) is 9.53 Å². The summed E-state index contributed by atoms with van der Waals surface area (Å²) >= 11 is 5.80. The number of anilines is 2. The number of morpholine rings is 1. The lowest BCUT2D eigenvalue weighted by molar-refractivity contribution is -0.116. The van der Waals surface area contributed by atoms with Crippen LogP contribution in [0.3, 0.4) is 0 Å². The van der Waals surface area contributed by atoms with Gasteiger partial charge in [0.1, 0.15) is 0 Å². The van der Waals surface area contributed by atoms with E-state index in [1.54, 1.807) is 24.3 Å². The molecule has 1 aliphatic heterocycles. The number of halogens is 1. The molecule has 6 nitrogen and oxygen atoms in total. The molecule has 0 radical (unpaired) electrons. The Hall–Kier alpha value is -2.57. The van der Waals surface area contributed by atoms with Gasteiger partial charge in [0.15, 0.2) is 0 Å². The maximum Gasteiger partial charge on any atom is 0.251 e. The minimum absolute atomic E-state index is 0.148. The van der Waals surface area contributed by atoms with E-state index in [4.69, 9.17) is 16.3 Å². The van der Waals surface area contributed by atoms with Crippen molar-refractivity contribution in [2.75, 3.05) is 43.1 Å². The summed E-state index contributed by atoms with van der Waals surface area (Å²) in [5, 5.41) is 6.14. The lowest BCUT2D eigenvalue weighted by Crippen LogP contribution is -2.36. The van der Waals surface area contributed by atoms with Gasteiger partial charge < -0.3 is 20.3 Å². The minimum Gasteiger partial charge on any atom is -0.378 e. The van der Waals surface area contributed by atoms with Gasteiger partial charge in [-0.2, -0.15) is 0 Å². The summed E-state index contributed by atoms with van der Waals surface area (Å²) in [5.41, 5.74) is 2.37. The van der Waals surface area contributed by atoms with Gasteiger partial charge in [0.2, 0.25) is 5.91 Å². The average Bonchev–Trinajstić information content (AvgIpc) is 2.69. The highest BCUT2D eigenvalue weighted by Crippen LogP contribution is 2.19. The Labute approximate surface area is 163 Å². The molecule has 2 amide bonds. The first-order valence-corrected chi connectivity index (χ1v) is 9.26. The fourth-order valence-corrected chi connectivity index (χ4v) is 2.92. The Balaban J connectivity index is 1.42. The van der Waals surface area contributed by atoms with Crippen molar-refractivity contribution >= 4 is 34.8 Å². The second-order valence-electron chi connectivity index (χ2n) is 6.21. The predicted octanol–water partition coefficient (Wildman–Crippen LogP) is 2.94. The third kappa shape index (κ3) is 5.70. The first-order chi connectivity index (χ1) is 13.1. The second-order valence-corrected chi connectivity index (χ2v) is 6.64. The van der Waals surface area contributed by atoms with Crippen LogP contribution in [0, 0.1) is 0 Å². The molecule has 3 rings (SSSR count). The number of hydrogen-bond acceptors (Lipinski definition) is 4. The topological polar surface area (TPSA) is 70.7 Å². The molecule has 2 aromatic rings. The summed E-state index contributed by atoms with van der Waals surface area (Å²) in [6, 6.07) is 14.4. The number of ether oxygens (including phenoxy) is 1. The number of nitrogens with zero attached hydrogens (tertiary/aromatic N) is 1. The SMILES string of the molecule is O=C(CCNC(=O)c1ccc(Cl)cc1)Nc1ccc(N2CCOCC2)cc1. The first-order valence-electron chi connectivity index (χ1n) is 8.88. The average molecular weight is 388 g/mol. The third-order valence-corrected chi connectivity index (χ3v) is 4.52. The van der Waals surface area contributed by atoms with Crippen molar-refractivity contribution in [3.63, 3.8) is 0 Å². The molecule has 0 aliphatic carbocycles. The molecule has 0 spiro atoms. The van der Waals surface area contributed by atoms with Crippen molar-refractivity contribution in [1.29, 1.82) is 0 Å². The smallest absolute Gasteiger partial charge is 0.251 e. The van der Waals surface area contributed by atoms with E-state index in [2.05, 4.69) is 15.5 Å². The van der Waals surface area contributed by atoms with Crippen molar-refractivity contribution in [1.82, 2.24) is 5.32 Å². The zero-order valence-corrected chi connectivity index (χ0v) is 15.7. The molecule has 27 heavy (non-hydrogen) atoms. The highest BCUT2D eigenvalue weighted by Gasteiger charge is 2.11. The van der Waals surface area contributed by atoms with Gasteiger partial charge in [-0.1, -0.05) is 11.6 Å². The summed E-state index contributed by atoms with van der Waals surface area (Å²) in [4.78, 5) is 26.3. The lowest BCUT2D eigenvalue weighted by atomic mass is 10.2. The van der Waals surface area contributed by atoms with E-state index < -0.39 is 0 Å². The molecule has 7 heteroatoms. The van der Waals surface area contributed by atoms with Gasteiger partial charge in [-0.15, -0.1) is 0 Å². The molecule has 1 aliphatic rings. The molecule has 2 N–H and O–H groups in total. The van der Waals surface area contributed by atoms with Crippen LogP contribution >= 0.6 is 11.6 Å². The van der Waals surface area contributed by atoms with E-state index in [0.717, 1.165) is 37.7 Å². The van der Waals surface area contributed by atoms with Crippen LogP contribution in [0.1, 0.15) is 16.8 Å². The van der Waals surface area contributed by atoms with Crippen LogP contribution in [0.25, 0.3) is 0 Å². The van der Waals surface area contributed by atoms with E-state index >= 15 is 0 Å². The maximum atomic E-state index is 12.1. The molecular weight excluding hydrogens is 366 g/mol. The normalized spacial score (nSPS) is 13.9. The number of carbonyl (C=O) groups is 2. The summed E-state index contributed by atoms with van der Waals surface area (Å²) in [6.45, 7) is 3.48. The minimum atomic E-state index is -0.227. The van der Waals surface area contributed by atoms with E-state index in [0.29, 0.717) is 10.6 Å². The fraction of sp³-hybridized carbons (Fsp3) is 0.300. The summed E-state index contributed by atoms with van der Waals surface area (Å²) in [5.74, 6) is -0.375. The van der Waals surface area contributed by atoms with Crippen LogP contribution in [0.2, 0.25) is 5.02 Å². The molecule has 1 fully saturated rings. The highest BCUT2D eigenvalue weighted by molar-refractivity contribution is 6.30. The summed E-state index contributed by atoms with van der Waals surface area (Å²) < 4.78 is 5.35. The highest BCUT2D eigenvalue weighted by atomic mass is 35.5. The summed E-state index contributed by atoms with van der Waals surface area (Å²) in [6.07, 6.45) is 0.199. The first kappa shape index (κ1) is 19.2. The zero-order chi connectivity index (χ0) is 19.1. The van der Waals surface area contributed by atoms with Crippen molar-refractivity contribution < 1.29 is 14.3 Å². The number of rotatable bonds is 6. The Morgan fingerprint density at radius 2 is 1.67 bits per heavy atom. The van der Waals surface area contributed by atoms with Crippen molar-refractivity contribution in [3.8, 4) is 0 Å². The second kappa shape index (κ2) is 9.39. The number of carbonyl (C=O) groups excluding carboxylic acids is 2. The van der Waals surface area contributed by atoms with Crippen LogP contribution < -0.4 is 15.5 Å². The standard InChI is InChI=1S/C20H22ClN3O3/c21-16-3-1-15(2-4-16)20(26)22-10-9-19(25)23-17-5-7-18(8-6-17)24-11-13-27-14-12-24/h1-8H,9-14H2,(H,22,26)(H,23,25). The molecule has 0 bridgehead atoms. The van der Waals surface area contributed by atoms with Crippen LogP contribution in [0.5, 0.6) is 0 Å². The van der Waals surface area contributed by atoms with Crippen molar-refractivity contribution in [2.24, 2.45) is 0 Å². The van der Waals surface area contributed by atoms with Crippen LogP contribution in [0.4, 0.5) is 11.4 Å². The Kier molecular flexibility index (Phi) is 6.68. The molecule has 2 aromatic carbocycles. The molecule has 0 unspecified atom stereocenters. The van der Waals surface area contributed by atoms with Gasteiger partial charge in [-0.05, 0) is 48.5 Å². The summed E-state index contributed by atoms with van der Waals surface area (Å²) in [7, 11) is 0.